The van der Waals surface area contributed by atoms with Crippen LogP contribution in [0.2, 0.25) is 0 Å². The quantitative estimate of drug-likeness (QED) is 0.888. The number of tetrazole rings is 1. The molecule has 3 unspecified atom stereocenters. The second-order valence-electron chi connectivity index (χ2n) is 5.06. The lowest BCUT2D eigenvalue weighted by Crippen LogP contribution is -2.22. The summed E-state index contributed by atoms with van der Waals surface area (Å²) < 4.78 is 1.68. The molecule has 1 aromatic heterocycles. The van der Waals surface area contributed by atoms with Gasteiger partial charge in [-0.05, 0) is 47.4 Å². The second kappa shape index (κ2) is 4.49. The molecule has 1 fully saturated rings. The Morgan fingerprint density at radius 1 is 1.44 bits per heavy atom. The Labute approximate surface area is 106 Å². The molecule has 1 aliphatic carbocycles. The van der Waals surface area contributed by atoms with Crippen LogP contribution in [-0.2, 0) is 0 Å². The van der Waals surface area contributed by atoms with Crippen molar-refractivity contribution in [3.05, 3.63) is 36.2 Å². The van der Waals surface area contributed by atoms with Gasteiger partial charge in [-0.2, -0.15) is 0 Å². The molecule has 18 heavy (non-hydrogen) atoms. The van der Waals surface area contributed by atoms with E-state index in [1.165, 1.54) is 12.0 Å². The monoisotopic (exact) mass is 243 g/mol. The number of aromatic nitrogens is 4. The van der Waals surface area contributed by atoms with E-state index in [0.29, 0.717) is 12.1 Å². The summed E-state index contributed by atoms with van der Waals surface area (Å²) in [4.78, 5) is 0. The largest absolute Gasteiger partial charge is 0.307 e. The Balaban J connectivity index is 1.78. The van der Waals surface area contributed by atoms with E-state index in [9.17, 15) is 0 Å². The zero-order valence-electron chi connectivity index (χ0n) is 10.6. The van der Waals surface area contributed by atoms with E-state index in [0.717, 1.165) is 11.6 Å². The van der Waals surface area contributed by atoms with Gasteiger partial charge in [-0.3, -0.25) is 0 Å². The second-order valence-corrected chi connectivity index (χ2v) is 5.06. The van der Waals surface area contributed by atoms with Crippen LogP contribution in [0.15, 0.2) is 30.6 Å². The fourth-order valence-corrected chi connectivity index (χ4v) is 2.19. The van der Waals surface area contributed by atoms with E-state index < -0.39 is 0 Å². The first-order chi connectivity index (χ1) is 8.74. The van der Waals surface area contributed by atoms with Crippen molar-refractivity contribution in [1.29, 1.82) is 0 Å². The molecule has 0 saturated heterocycles. The number of hydrogen-bond acceptors (Lipinski definition) is 4. The van der Waals surface area contributed by atoms with Gasteiger partial charge in [0, 0.05) is 12.1 Å². The lowest BCUT2D eigenvalue weighted by Gasteiger charge is -2.14. The summed E-state index contributed by atoms with van der Waals surface area (Å²) in [6, 6.07) is 9.35. The maximum atomic E-state index is 3.91. The third-order valence-electron chi connectivity index (χ3n) is 3.56. The van der Waals surface area contributed by atoms with Crippen LogP contribution in [0.1, 0.15) is 31.9 Å². The molecule has 0 spiro atoms. The van der Waals surface area contributed by atoms with Gasteiger partial charge in [0.25, 0.3) is 0 Å². The Kier molecular flexibility index (Phi) is 2.83. The normalized spacial score (nSPS) is 23.9. The smallest absolute Gasteiger partial charge is 0.143 e. The van der Waals surface area contributed by atoms with Gasteiger partial charge in [0.05, 0.1) is 5.69 Å². The summed E-state index contributed by atoms with van der Waals surface area (Å²) in [7, 11) is 0. The SMILES string of the molecule is CC(NC1CC1C)c1cccc(-n2cnnn2)c1. The first kappa shape index (κ1) is 11.3. The van der Waals surface area contributed by atoms with Gasteiger partial charge in [-0.25, -0.2) is 4.68 Å². The number of hydrogen-bond donors (Lipinski definition) is 1. The molecule has 0 radical (unpaired) electrons. The number of nitrogens with zero attached hydrogens (tertiary/aromatic N) is 4. The van der Waals surface area contributed by atoms with Gasteiger partial charge in [-0.15, -0.1) is 5.10 Å². The standard InChI is InChI=1S/C13H17N5/c1-9-6-13(9)15-10(2)11-4-3-5-12(7-11)18-8-14-16-17-18/h3-5,7-10,13,15H,6H2,1-2H3. The van der Waals surface area contributed by atoms with Crippen molar-refractivity contribution in [2.75, 3.05) is 0 Å². The van der Waals surface area contributed by atoms with Crippen LogP contribution >= 0.6 is 0 Å². The molecule has 5 nitrogen and oxygen atoms in total. The van der Waals surface area contributed by atoms with Crippen LogP contribution in [0.5, 0.6) is 0 Å². The lowest BCUT2D eigenvalue weighted by molar-refractivity contribution is 0.551. The number of rotatable bonds is 4. The minimum absolute atomic E-state index is 0.358. The predicted molar refractivity (Wildman–Crippen MR) is 68.3 cm³/mol. The molecule has 2 aromatic rings. The summed E-state index contributed by atoms with van der Waals surface area (Å²) in [5, 5.41) is 14.9. The predicted octanol–water partition coefficient (Wildman–Crippen LogP) is 1.72. The molecular formula is C13H17N5. The van der Waals surface area contributed by atoms with E-state index in [2.05, 4.69) is 46.8 Å². The van der Waals surface area contributed by atoms with E-state index in [1.54, 1.807) is 11.0 Å². The van der Waals surface area contributed by atoms with Crippen molar-refractivity contribution in [2.45, 2.75) is 32.4 Å². The van der Waals surface area contributed by atoms with E-state index in [1.807, 2.05) is 12.1 Å². The molecule has 1 aromatic carbocycles. The maximum absolute atomic E-state index is 3.91. The van der Waals surface area contributed by atoms with Gasteiger partial charge in [0.2, 0.25) is 0 Å². The molecule has 1 aliphatic rings. The van der Waals surface area contributed by atoms with Crippen LogP contribution in [0.4, 0.5) is 0 Å². The lowest BCUT2D eigenvalue weighted by atomic mass is 10.1. The van der Waals surface area contributed by atoms with Crippen LogP contribution in [0.3, 0.4) is 0 Å². The highest BCUT2D eigenvalue weighted by Gasteiger charge is 2.33. The maximum Gasteiger partial charge on any atom is 0.143 e. The third kappa shape index (κ3) is 2.26. The van der Waals surface area contributed by atoms with Gasteiger partial charge in [0.15, 0.2) is 0 Å². The topological polar surface area (TPSA) is 55.6 Å². The molecule has 1 N–H and O–H groups in total. The van der Waals surface area contributed by atoms with E-state index in [-0.39, 0.29) is 0 Å². The molecule has 5 heteroatoms. The average molecular weight is 243 g/mol. The molecule has 0 bridgehead atoms. The van der Waals surface area contributed by atoms with Gasteiger partial charge in [-0.1, -0.05) is 19.1 Å². The summed E-state index contributed by atoms with van der Waals surface area (Å²) in [6.07, 6.45) is 2.90. The van der Waals surface area contributed by atoms with Crippen LogP contribution < -0.4 is 5.32 Å². The van der Waals surface area contributed by atoms with Gasteiger partial charge in [0.1, 0.15) is 6.33 Å². The fourth-order valence-electron chi connectivity index (χ4n) is 2.19. The van der Waals surface area contributed by atoms with Gasteiger partial charge >= 0.3 is 0 Å². The summed E-state index contributed by atoms with van der Waals surface area (Å²) in [5.41, 5.74) is 2.26. The van der Waals surface area contributed by atoms with Crippen molar-refractivity contribution >= 4 is 0 Å². The molecule has 1 heterocycles. The Morgan fingerprint density at radius 2 is 2.28 bits per heavy atom. The summed E-state index contributed by atoms with van der Waals surface area (Å²) in [5.74, 6) is 0.815. The number of benzene rings is 1. The number of nitrogens with one attached hydrogen (secondary N) is 1. The average Bonchev–Trinajstić information content (AvgIpc) is 2.87. The first-order valence-corrected chi connectivity index (χ1v) is 6.33. The van der Waals surface area contributed by atoms with Gasteiger partial charge < -0.3 is 5.32 Å². The molecule has 1 saturated carbocycles. The highest BCUT2D eigenvalue weighted by atomic mass is 15.5. The molecular weight excluding hydrogens is 226 g/mol. The van der Waals surface area contributed by atoms with Crippen LogP contribution in [0.25, 0.3) is 5.69 Å². The van der Waals surface area contributed by atoms with Crippen molar-refractivity contribution in [1.82, 2.24) is 25.5 Å². The molecule has 3 atom stereocenters. The van der Waals surface area contributed by atoms with E-state index in [4.69, 9.17) is 0 Å². The molecule has 0 aliphatic heterocycles. The summed E-state index contributed by atoms with van der Waals surface area (Å²) in [6.45, 7) is 4.48. The fraction of sp³-hybridized carbons (Fsp3) is 0.462. The van der Waals surface area contributed by atoms with Crippen molar-refractivity contribution in [2.24, 2.45) is 5.92 Å². The van der Waals surface area contributed by atoms with Crippen molar-refractivity contribution < 1.29 is 0 Å². The third-order valence-corrected chi connectivity index (χ3v) is 3.56. The molecule has 3 rings (SSSR count). The Bertz CT molecular complexity index is 522. The van der Waals surface area contributed by atoms with E-state index >= 15 is 0 Å². The molecule has 94 valence electrons. The van der Waals surface area contributed by atoms with Crippen LogP contribution in [0, 0.1) is 5.92 Å². The summed E-state index contributed by atoms with van der Waals surface area (Å²) >= 11 is 0. The first-order valence-electron chi connectivity index (χ1n) is 6.33. The van der Waals surface area contributed by atoms with Crippen molar-refractivity contribution in [3.8, 4) is 5.69 Å². The van der Waals surface area contributed by atoms with Crippen molar-refractivity contribution in [3.63, 3.8) is 0 Å². The zero-order valence-corrected chi connectivity index (χ0v) is 10.6. The minimum atomic E-state index is 0.358. The minimum Gasteiger partial charge on any atom is -0.307 e. The van der Waals surface area contributed by atoms with Crippen LogP contribution in [-0.4, -0.2) is 26.2 Å². The molecule has 0 amide bonds. The highest BCUT2D eigenvalue weighted by Crippen LogP contribution is 2.31. The Hall–Kier alpha value is -1.75. The zero-order chi connectivity index (χ0) is 12.5. The highest BCUT2D eigenvalue weighted by molar-refractivity contribution is 5.35. The Morgan fingerprint density at radius 3 is 2.94 bits per heavy atom.